The molecule has 0 aromatic carbocycles. The topological polar surface area (TPSA) is 63.3 Å². The Morgan fingerprint density at radius 3 is 2.78 bits per heavy atom. The molecule has 3 N–H and O–H groups in total. The van der Waals surface area contributed by atoms with Crippen LogP contribution >= 0.6 is 0 Å². The van der Waals surface area contributed by atoms with Crippen LogP contribution in [-0.2, 0) is 4.79 Å². The van der Waals surface area contributed by atoms with Gasteiger partial charge in [0.15, 0.2) is 5.78 Å². The fourth-order valence-electron chi connectivity index (χ4n) is 5.44. The standard InChI is InChI=1S/C20H31NO2/c1-13(21)17-8-9-18-14(4-3-11-20(17,18)2)5-6-15-12-16(22)7-10-19(15)23/h5-6,13,16-18,22H,3-4,7-12,21H2,1-2H3/b14-5?,15-6-/t13-,16-,17+,18-,20+/m0/s1. The van der Waals surface area contributed by atoms with Crippen molar-refractivity contribution in [3.63, 3.8) is 0 Å². The Morgan fingerprint density at radius 1 is 1.26 bits per heavy atom. The molecular formula is C20H31NO2. The molecule has 0 heterocycles. The molecule has 3 aliphatic carbocycles. The zero-order valence-corrected chi connectivity index (χ0v) is 14.6. The van der Waals surface area contributed by atoms with E-state index in [1.165, 1.54) is 31.3 Å². The van der Waals surface area contributed by atoms with Crippen molar-refractivity contribution in [2.45, 2.75) is 77.4 Å². The van der Waals surface area contributed by atoms with Crippen molar-refractivity contribution in [1.82, 2.24) is 0 Å². The second kappa shape index (κ2) is 6.52. The molecule has 0 spiro atoms. The molecule has 0 aliphatic heterocycles. The zero-order valence-electron chi connectivity index (χ0n) is 14.6. The van der Waals surface area contributed by atoms with Crippen LogP contribution < -0.4 is 5.73 Å². The highest BCUT2D eigenvalue weighted by atomic mass is 16.3. The van der Waals surface area contributed by atoms with E-state index in [9.17, 15) is 9.90 Å². The van der Waals surface area contributed by atoms with E-state index in [2.05, 4.69) is 19.9 Å². The van der Waals surface area contributed by atoms with Gasteiger partial charge in [-0.15, -0.1) is 0 Å². The Hall–Kier alpha value is -0.930. The number of allylic oxidation sites excluding steroid dienone is 3. The molecule has 3 nitrogen and oxygen atoms in total. The molecule has 5 atom stereocenters. The van der Waals surface area contributed by atoms with E-state index in [0.29, 0.717) is 36.5 Å². The van der Waals surface area contributed by atoms with Gasteiger partial charge in [0.2, 0.25) is 0 Å². The molecule has 3 rings (SSSR count). The van der Waals surface area contributed by atoms with Gasteiger partial charge in [-0.1, -0.05) is 24.6 Å². The van der Waals surface area contributed by atoms with E-state index in [1.807, 2.05) is 6.08 Å². The molecule has 3 aliphatic rings. The zero-order chi connectivity index (χ0) is 16.6. The Labute approximate surface area is 140 Å². The van der Waals surface area contributed by atoms with Crippen molar-refractivity contribution in [2.24, 2.45) is 23.0 Å². The summed E-state index contributed by atoms with van der Waals surface area (Å²) in [5.74, 6) is 1.44. The number of ketones is 1. The molecule has 0 bridgehead atoms. The van der Waals surface area contributed by atoms with Crippen molar-refractivity contribution in [3.05, 3.63) is 23.3 Å². The van der Waals surface area contributed by atoms with Crippen molar-refractivity contribution in [2.75, 3.05) is 0 Å². The minimum Gasteiger partial charge on any atom is -0.393 e. The Balaban J connectivity index is 1.81. The lowest BCUT2D eigenvalue weighted by atomic mass is 9.62. The van der Waals surface area contributed by atoms with Gasteiger partial charge in [0.1, 0.15) is 0 Å². The number of hydrogen-bond donors (Lipinski definition) is 2. The number of rotatable bonds is 2. The van der Waals surface area contributed by atoms with Gasteiger partial charge in [-0.05, 0) is 68.3 Å². The van der Waals surface area contributed by atoms with Gasteiger partial charge >= 0.3 is 0 Å². The molecule has 23 heavy (non-hydrogen) atoms. The van der Waals surface area contributed by atoms with Crippen molar-refractivity contribution in [3.8, 4) is 0 Å². The third-order valence-electron chi connectivity index (χ3n) is 6.69. The van der Waals surface area contributed by atoms with Gasteiger partial charge < -0.3 is 10.8 Å². The number of aliphatic hydroxyl groups excluding tert-OH is 1. The predicted octanol–water partition coefficient (Wildman–Crippen LogP) is 3.52. The van der Waals surface area contributed by atoms with Gasteiger partial charge in [-0.2, -0.15) is 0 Å². The van der Waals surface area contributed by atoms with Gasteiger partial charge in [0.05, 0.1) is 6.10 Å². The molecule has 0 aromatic rings. The normalized spacial score (nSPS) is 43.0. The van der Waals surface area contributed by atoms with E-state index >= 15 is 0 Å². The lowest BCUT2D eigenvalue weighted by Gasteiger charge is -2.43. The second-order valence-corrected chi connectivity index (χ2v) is 8.21. The van der Waals surface area contributed by atoms with Crippen LogP contribution in [0.2, 0.25) is 0 Å². The summed E-state index contributed by atoms with van der Waals surface area (Å²) in [6.45, 7) is 4.58. The van der Waals surface area contributed by atoms with E-state index in [4.69, 9.17) is 5.73 Å². The number of aliphatic hydroxyl groups is 1. The minimum absolute atomic E-state index is 0.214. The Bertz CT molecular complexity index is 534. The molecule has 0 amide bonds. The number of Topliss-reactive ketones (excluding diaryl/α,β-unsaturated/α-hetero) is 1. The summed E-state index contributed by atoms with van der Waals surface area (Å²) in [6.07, 6.45) is 11.6. The van der Waals surface area contributed by atoms with Crippen LogP contribution in [0.3, 0.4) is 0 Å². The molecule has 0 radical (unpaired) electrons. The summed E-state index contributed by atoms with van der Waals surface area (Å²) in [4.78, 5) is 12.0. The van der Waals surface area contributed by atoms with Crippen molar-refractivity contribution in [1.29, 1.82) is 0 Å². The Morgan fingerprint density at radius 2 is 2.04 bits per heavy atom. The fourth-order valence-corrected chi connectivity index (χ4v) is 5.44. The molecule has 128 valence electrons. The maximum atomic E-state index is 12.0. The average Bonchev–Trinajstić information content (AvgIpc) is 2.86. The lowest BCUT2D eigenvalue weighted by Crippen LogP contribution is -2.40. The number of carbonyl (C=O) groups is 1. The lowest BCUT2D eigenvalue weighted by molar-refractivity contribution is -0.117. The molecule has 0 aromatic heterocycles. The molecular weight excluding hydrogens is 286 g/mol. The van der Waals surface area contributed by atoms with E-state index in [0.717, 1.165) is 12.0 Å². The summed E-state index contributed by atoms with van der Waals surface area (Å²) in [6, 6.07) is 0.262. The summed E-state index contributed by atoms with van der Waals surface area (Å²) in [5, 5.41) is 9.79. The molecule has 0 saturated heterocycles. The summed E-state index contributed by atoms with van der Waals surface area (Å²) >= 11 is 0. The molecule has 3 fully saturated rings. The van der Waals surface area contributed by atoms with E-state index in [1.54, 1.807) is 0 Å². The van der Waals surface area contributed by atoms with E-state index < -0.39 is 0 Å². The first kappa shape index (κ1) is 16.9. The summed E-state index contributed by atoms with van der Waals surface area (Å²) in [7, 11) is 0. The van der Waals surface area contributed by atoms with Gasteiger partial charge in [0.25, 0.3) is 0 Å². The first-order chi connectivity index (χ1) is 10.9. The second-order valence-electron chi connectivity index (χ2n) is 8.21. The van der Waals surface area contributed by atoms with Crippen LogP contribution in [0.25, 0.3) is 0 Å². The van der Waals surface area contributed by atoms with Crippen molar-refractivity contribution < 1.29 is 9.90 Å². The SMILES string of the molecule is C[C@H](N)[C@H]1CC[C@H]2C(=C/C=C3/C[C@@H](O)CCC3=O)CCC[C@]12C. The number of carbonyl (C=O) groups excluding carboxylic acids is 1. The quantitative estimate of drug-likeness (QED) is 0.766. The average molecular weight is 317 g/mol. The van der Waals surface area contributed by atoms with Crippen LogP contribution in [0.15, 0.2) is 23.3 Å². The highest BCUT2D eigenvalue weighted by Gasteiger charge is 2.50. The van der Waals surface area contributed by atoms with Gasteiger partial charge in [-0.25, -0.2) is 0 Å². The Kier molecular flexibility index (Phi) is 4.80. The highest BCUT2D eigenvalue weighted by molar-refractivity contribution is 5.96. The molecule has 0 unspecified atom stereocenters. The maximum absolute atomic E-state index is 12.0. The largest absolute Gasteiger partial charge is 0.393 e. The maximum Gasteiger partial charge on any atom is 0.159 e. The predicted molar refractivity (Wildman–Crippen MR) is 92.9 cm³/mol. The molecule has 3 saturated carbocycles. The van der Waals surface area contributed by atoms with E-state index in [-0.39, 0.29) is 17.9 Å². The number of nitrogens with two attached hydrogens (primary N) is 1. The third-order valence-corrected chi connectivity index (χ3v) is 6.69. The number of fused-ring (bicyclic) bond motifs is 1. The highest BCUT2D eigenvalue weighted by Crippen LogP contribution is 2.58. The van der Waals surface area contributed by atoms with Crippen LogP contribution in [0.5, 0.6) is 0 Å². The van der Waals surface area contributed by atoms with Gasteiger partial charge in [-0.3, -0.25) is 4.79 Å². The smallest absolute Gasteiger partial charge is 0.159 e. The first-order valence-electron chi connectivity index (χ1n) is 9.28. The third kappa shape index (κ3) is 3.18. The minimum atomic E-state index is -0.345. The monoisotopic (exact) mass is 317 g/mol. The van der Waals surface area contributed by atoms with Crippen LogP contribution in [0, 0.1) is 17.3 Å². The summed E-state index contributed by atoms with van der Waals surface area (Å²) in [5.41, 5.74) is 8.89. The summed E-state index contributed by atoms with van der Waals surface area (Å²) < 4.78 is 0. The first-order valence-corrected chi connectivity index (χ1v) is 9.28. The van der Waals surface area contributed by atoms with Crippen LogP contribution in [0.4, 0.5) is 0 Å². The van der Waals surface area contributed by atoms with Gasteiger partial charge in [0, 0.05) is 18.9 Å². The fraction of sp³-hybridized carbons (Fsp3) is 0.750. The van der Waals surface area contributed by atoms with Crippen molar-refractivity contribution >= 4 is 5.78 Å². The van der Waals surface area contributed by atoms with Crippen LogP contribution in [0.1, 0.15) is 65.2 Å². The molecule has 3 heteroatoms. The number of hydrogen-bond acceptors (Lipinski definition) is 3. The van der Waals surface area contributed by atoms with Crippen LogP contribution in [-0.4, -0.2) is 23.0 Å².